The van der Waals surface area contributed by atoms with Crippen LogP contribution in [-0.2, 0) is 0 Å². The standard InChI is InChI=1S/C11H13FN2O/c1-6-2-3-7(8(12)4-6)11(15)14-10-5-9(10)13/h2-4,9-10H,5,13H2,1H3,(H,14,15). The fourth-order valence-corrected chi connectivity index (χ4v) is 1.43. The third-order valence-electron chi connectivity index (χ3n) is 2.53. The molecule has 4 heteroatoms. The summed E-state index contributed by atoms with van der Waals surface area (Å²) in [5, 5.41) is 2.68. The van der Waals surface area contributed by atoms with Crippen LogP contribution in [0.1, 0.15) is 22.3 Å². The van der Waals surface area contributed by atoms with E-state index in [-0.39, 0.29) is 23.6 Å². The van der Waals surface area contributed by atoms with Gasteiger partial charge in [-0.05, 0) is 31.0 Å². The molecule has 2 rings (SSSR count). The van der Waals surface area contributed by atoms with Crippen molar-refractivity contribution in [3.05, 3.63) is 35.1 Å². The molecular weight excluding hydrogens is 195 g/mol. The third kappa shape index (κ3) is 2.15. The summed E-state index contributed by atoms with van der Waals surface area (Å²) < 4.78 is 13.4. The number of aryl methyl sites for hydroxylation is 1. The fourth-order valence-electron chi connectivity index (χ4n) is 1.43. The second-order valence-corrected chi connectivity index (χ2v) is 3.96. The molecule has 1 saturated carbocycles. The van der Waals surface area contributed by atoms with Gasteiger partial charge >= 0.3 is 0 Å². The first-order valence-electron chi connectivity index (χ1n) is 4.90. The third-order valence-corrected chi connectivity index (χ3v) is 2.53. The van der Waals surface area contributed by atoms with E-state index in [0.29, 0.717) is 0 Å². The number of rotatable bonds is 2. The monoisotopic (exact) mass is 208 g/mol. The maximum atomic E-state index is 13.4. The highest BCUT2D eigenvalue weighted by atomic mass is 19.1. The molecule has 80 valence electrons. The van der Waals surface area contributed by atoms with E-state index in [1.807, 2.05) is 0 Å². The zero-order chi connectivity index (χ0) is 11.0. The van der Waals surface area contributed by atoms with Crippen molar-refractivity contribution in [2.24, 2.45) is 5.73 Å². The zero-order valence-corrected chi connectivity index (χ0v) is 8.46. The van der Waals surface area contributed by atoms with Gasteiger partial charge in [-0.15, -0.1) is 0 Å². The van der Waals surface area contributed by atoms with Gasteiger partial charge in [0.2, 0.25) is 0 Å². The van der Waals surface area contributed by atoms with Gasteiger partial charge in [0.25, 0.3) is 5.91 Å². The number of nitrogens with one attached hydrogen (secondary N) is 1. The Morgan fingerprint density at radius 2 is 2.27 bits per heavy atom. The van der Waals surface area contributed by atoms with Crippen LogP contribution in [0.2, 0.25) is 0 Å². The molecule has 0 aromatic heterocycles. The van der Waals surface area contributed by atoms with Gasteiger partial charge in [-0.3, -0.25) is 4.79 Å². The number of benzene rings is 1. The van der Waals surface area contributed by atoms with Crippen LogP contribution in [0.5, 0.6) is 0 Å². The lowest BCUT2D eigenvalue weighted by molar-refractivity contribution is 0.0946. The molecular formula is C11H13FN2O. The predicted octanol–water partition coefficient (Wildman–Crippen LogP) is 0.964. The molecule has 1 fully saturated rings. The number of hydrogen-bond acceptors (Lipinski definition) is 2. The molecule has 0 heterocycles. The van der Waals surface area contributed by atoms with Crippen molar-refractivity contribution in [3.8, 4) is 0 Å². The normalized spacial score (nSPS) is 23.7. The predicted molar refractivity (Wildman–Crippen MR) is 55.0 cm³/mol. The lowest BCUT2D eigenvalue weighted by atomic mass is 10.1. The minimum absolute atomic E-state index is 0.0122. The van der Waals surface area contributed by atoms with E-state index in [9.17, 15) is 9.18 Å². The molecule has 1 aliphatic carbocycles. The highest BCUT2D eigenvalue weighted by Gasteiger charge is 2.35. The second kappa shape index (κ2) is 3.62. The number of hydrogen-bond donors (Lipinski definition) is 2. The Balaban J connectivity index is 2.11. The van der Waals surface area contributed by atoms with Crippen LogP contribution in [0.3, 0.4) is 0 Å². The number of carbonyl (C=O) groups excluding carboxylic acids is 1. The van der Waals surface area contributed by atoms with Gasteiger partial charge in [-0.1, -0.05) is 6.07 Å². The van der Waals surface area contributed by atoms with Gasteiger partial charge < -0.3 is 11.1 Å². The molecule has 1 aliphatic rings. The minimum atomic E-state index is -0.485. The van der Waals surface area contributed by atoms with Crippen molar-refractivity contribution in [1.82, 2.24) is 5.32 Å². The molecule has 3 nitrogen and oxygen atoms in total. The lowest BCUT2D eigenvalue weighted by Gasteiger charge is -2.05. The number of carbonyl (C=O) groups is 1. The first kappa shape index (κ1) is 10.1. The average Bonchev–Trinajstić information content (AvgIpc) is 2.81. The van der Waals surface area contributed by atoms with Crippen molar-refractivity contribution in [2.45, 2.75) is 25.4 Å². The van der Waals surface area contributed by atoms with Crippen molar-refractivity contribution >= 4 is 5.91 Å². The number of halogens is 1. The molecule has 2 unspecified atom stereocenters. The van der Waals surface area contributed by atoms with Gasteiger partial charge in [0.15, 0.2) is 0 Å². The molecule has 0 bridgehead atoms. The summed E-state index contributed by atoms with van der Waals surface area (Å²) in [6.07, 6.45) is 0.777. The second-order valence-electron chi connectivity index (χ2n) is 3.96. The molecule has 2 atom stereocenters. The lowest BCUT2D eigenvalue weighted by Crippen LogP contribution is -2.30. The molecule has 0 spiro atoms. The van der Waals surface area contributed by atoms with Crippen molar-refractivity contribution in [1.29, 1.82) is 0 Å². The summed E-state index contributed by atoms with van der Waals surface area (Å²) >= 11 is 0. The van der Waals surface area contributed by atoms with Crippen LogP contribution < -0.4 is 11.1 Å². The summed E-state index contributed by atoms with van der Waals surface area (Å²) in [6.45, 7) is 1.78. The first-order chi connectivity index (χ1) is 7.08. The van der Waals surface area contributed by atoms with Crippen molar-refractivity contribution in [3.63, 3.8) is 0 Å². The van der Waals surface area contributed by atoms with Crippen molar-refractivity contribution < 1.29 is 9.18 Å². The van der Waals surface area contributed by atoms with Gasteiger partial charge in [0.05, 0.1) is 5.56 Å². The Morgan fingerprint density at radius 3 is 2.80 bits per heavy atom. The van der Waals surface area contributed by atoms with Crippen molar-refractivity contribution in [2.75, 3.05) is 0 Å². The Hall–Kier alpha value is -1.42. The Labute approximate surface area is 87.5 Å². The van der Waals surface area contributed by atoms with Crippen LogP contribution in [0.15, 0.2) is 18.2 Å². The Bertz CT molecular complexity index is 406. The fraction of sp³-hybridized carbons (Fsp3) is 0.364. The summed E-state index contributed by atoms with van der Waals surface area (Å²) in [5.74, 6) is -0.868. The number of amides is 1. The summed E-state index contributed by atoms with van der Waals surface area (Å²) in [5.41, 5.74) is 6.43. The smallest absolute Gasteiger partial charge is 0.254 e. The minimum Gasteiger partial charge on any atom is -0.348 e. The van der Waals surface area contributed by atoms with Gasteiger partial charge in [0.1, 0.15) is 5.82 Å². The summed E-state index contributed by atoms with van der Waals surface area (Å²) in [4.78, 5) is 11.6. The van der Waals surface area contributed by atoms with E-state index >= 15 is 0 Å². The molecule has 0 saturated heterocycles. The summed E-state index contributed by atoms with van der Waals surface area (Å²) in [6, 6.07) is 4.60. The maximum Gasteiger partial charge on any atom is 0.254 e. The van der Waals surface area contributed by atoms with Crippen LogP contribution in [-0.4, -0.2) is 18.0 Å². The van der Waals surface area contributed by atoms with Crippen LogP contribution in [0, 0.1) is 12.7 Å². The largest absolute Gasteiger partial charge is 0.348 e. The topological polar surface area (TPSA) is 55.1 Å². The van der Waals surface area contributed by atoms with Gasteiger partial charge in [-0.25, -0.2) is 4.39 Å². The molecule has 1 aromatic rings. The quantitative estimate of drug-likeness (QED) is 0.760. The van der Waals surface area contributed by atoms with Crippen LogP contribution >= 0.6 is 0 Å². The van der Waals surface area contributed by atoms with E-state index in [2.05, 4.69) is 5.32 Å². The molecule has 1 amide bonds. The highest BCUT2D eigenvalue weighted by Crippen LogP contribution is 2.19. The molecule has 3 N–H and O–H groups in total. The van der Waals surface area contributed by atoms with E-state index in [1.54, 1.807) is 13.0 Å². The van der Waals surface area contributed by atoms with E-state index < -0.39 is 5.82 Å². The first-order valence-corrected chi connectivity index (χ1v) is 4.90. The molecule has 0 radical (unpaired) electrons. The average molecular weight is 208 g/mol. The Morgan fingerprint density at radius 1 is 1.60 bits per heavy atom. The van der Waals surface area contributed by atoms with Gasteiger partial charge in [0, 0.05) is 12.1 Å². The van der Waals surface area contributed by atoms with Crippen LogP contribution in [0.25, 0.3) is 0 Å². The highest BCUT2D eigenvalue weighted by molar-refractivity contribution is 5.95. The van der Waals surface area contributed by atoms with Crippen LogP contribution in [0.4, 0.5) is 4.39 Å². The maximum absolute atomic E-state index is 13.4. The number of nitrogens with two attached hydrogens (primary N) is 1. The zero-order valence-electron chi connectivity index (χ0n) is 8.46. The van der Waals surface area contributed by atoms with E-state index in [1.165, 1.54) is 12.1 Å². The molecule has 0 aliphatic heterocycles. The summed E-state index contributed by atoms with van der Waals surface area (Å²) in [7, 11) is 0. The molecule has 1 aromatic carbocycles. The SMILES string of the molecule is Cc1ccc(C(=O)NC2CC2N)c(F)c1. The molecule has 15 heavy (non-hydrogen) atoms. The van der Waals surface area contributed by atoms with E-state index in [4.69, 9.17) is 5.73 Å². The van der Waals surface area contributed by atoms with Gasteiger partial charge in [-0.2, -0.15) is 0 Å². The Kier molecular flexibility index (Phi) is 2.44. The van der Waals surface area contributed by atoms with E-state index in [0.717, 1.165) is 12.0 Å².